The molecule has 12 heavy (non-hydrogen) atoms. The van der Waals surface area contributed by atoms with Gasteiger partial charge in [-0.15, -0.1) is 0 Å². The van der Waals surface area contributed by atoms with Gasteiger partial charge in [0, 0.05) is 20.8 Å². The van der Waals surface area contributed by atoms with Gasteiger partial charge in [-0.2, -0.15) is 4.57 Å². The number of aryl methyl sites for hydroxylation is 1. The van der Waals surface area contributed by atoms with Gasteiger partial charge in [-0.25, -0.2) is 0 Å². The molecule has 1 heterocycles. The van der Waals surface area contributed by atoms with Crippen LogP contribution in [0.2, 0.25) is 0 Å². The van der Waals surface area contributed by atoms with Crippen molar-refractivity contribution >= 4 is 11.3 Å². The summed E-state index contributed by atoms with van der Waals surface area (Å²) < 4.78 is 2.29. The molecule has 0 amide bonds. The maximum Gasteiger partial charge on any atom is 0.225 e. The van der Waals surface area contributed by atoms with Crippen molar-refractivity contribution in [2.24, 2.45) is 0 Å². The molecule has 0 fully saturated rings. The van der Waals surface area contributed by atoms with E-state index in [2.05, 4.69) is 44.0 Å². The molecule has 1 nitrogen and oxygen atoms in total. The van der Waals surface area contributed by atoms with Gasteiger partial charge < -0.3 is 0 Å². The smallest absolute Gasteiger partial charge is 0.191 e. The molecule has 0 bridgehead atoms. The monoisotopic (exact) mass is 184 g/mol. The van der Waals surface area contributed by atoms with E-state index in [1.807, 2.05) is 11.3 Å². The molecule has 0 aliphatic carbocycles. The summed E-state index contributed by atoms with van der Waals surface area (Å²) in [6.07, 6.45) is 4.73. The quantitative estimate of drug-likeness (QED) is 0.622. The van der Waals surface area contributed by atoms with Crippen LogP contribution in [-0.2, 0) is 12.0 Å². The zero-order valence-electron chi connectivity index (χ0n) is 8.42. The Hall–Kier alpha value is -0.370. The molecule has 0 spiro atoms. The van der Waals surface area contributed by atoms with Crippen LogP contribution in [0.5, 0.6) is 0 Å². The Morgan fingerprint density at radius 3 is 2.50 bits per heavy atom. The molecule has 1 aromatic rings. The van der Waals surface area contributed by atoms with Gasteiger partial charge in [0.2, 0.25) is 5.51 Å². The fraction of sp³-hybridized carbons (Fsp3) is 0.700. The molecule has 0 N–H and O–H groups in total. The van der Waals surface area contributed by atoms with Crippen molar-refractivity contribution in [3.63, 3.8) is 0 Å². The highest BCUT2D eigenvalue weighted by Gasteiger charge is 2.22. The minimum Gasteiger partial charge on any atom is -0.191 e. The van der Waals surface area contributed by atoms with Crippen LogP contribution in [0.1, 0.15) is 39.0 Å². The second-order valence-electron chi connectivity index (χ2n) is 4.15. The van der Waals surface area contributed by atoms with Gasteiger partial charge in [-0.05, 0) is 6.42 Å². The van der Waals surface area contributed by atoms with Crippen LogP contribution in [0.3, 0.4) is 0 Å². The number of aromatic nitrogens is 1. The first-order chi connectivity index (χ1) is 5.54. The van der Waals surface area contributed by atoms with Crippen molar-refractivity contribution < 1.29 is 4.57 Å². The van der Waals surface area contributed by atoms with Crippen molar-refractivity contribution in [3.05, 3.63) is 16.6 Å². The molecule has 0 radical (unpaired) electrons. The molecule has 0 saturated carbocycles. The summed E-state index contributed by atoms with van der Waals surface area (Å²) in [5.41, 5.74) is 2.45. The summed E-state index contributed by atoms with van der Waals surface area (Å²) in [6, 6.07) is 0. The summed E-state index contributed by atoms with van der Waals surface area (Å²) in [4.78, 5) is 1.49. The summed E-state index contributed by atoms with van der Waals surface area (Å²) in [5.74, 6) is 0. The third-order valence-electron chi connectivity index (χ3n) is 1.87. The first kappa shape index (κ1) is 9.72. The highest BCUT2D eigenvalue weighted by atomic mass is 32.1. The second kappa shape index (κ2) is 3.56. The number of rotatable bonds is 2. The predicted molar refractivity (Wildman–Crippen MR) is 53.5 cm³/mol. The van der Waals surface area contributed by atoms with Gasteiger partial charge in [0.05, 0.1) is 4.88 Å². The van der Waals surface area contributed by atoms with E-state index in [0.717, 1.165) is 0 Å². The fourth-order valence-electron chi connectivity index (χ4n) is 1.06. The molecular weight excluding hydrogens is 166 g/mol. The Morgan fingerprint density at radius 2 is 2.08 bits per heavy atom. The van der Waals surface area contributed by atoms with E-state index in [-0.39, 0.29) is 5.54 Å². The van der Waals surface area contributed by atoms with E-state index < -0.39 is 0 Å². The van der Waals surface area contributed by atoms with Gasteiger partial charge in [0.1, 0.15) is 0 Å². The Balaban J connectivity index is 2.77. The summed E-state index contributed by atoms with van der Waals surface area (Å²) in [6.45, 7) is 8.92. The average molecular weight is 184 g/mol. The normalized spacial score (nSPS) is 12.0. The van der Waals surface area contributed by atoms with Gasteiger partial charge in [-0.3, -0.25) is 0 Å². The van der Waals surface area contributed by atoms with Gasteiger partial charge in [-0.1, -0.05) is 24.7 Å². The topological polar surface area (TPSA) is 3.88 Å². The van der Waals surface area contributed by atoms with E-state index in [9.17, 15) is 0 Å². The number of hydrogen-bond donors (Lipinski definition) is 0. The molecule has 1 rings (SSSR count). The zero-order valence-corrected chi connectivity index (χ0v) is 9.24. The van der Waals surface area contributed by atoms with E-state index >= 15 is 0 Å². The molecule has 0 aliphatic heterocycles. The Morgan fingerprint density at radius 1 is 1.42 bits per heavy atom. The highest BCUT2D eigenvalue weighted by molar-refractivity contribution is 7.09. The Kier molecular flexibility index (Phi) is 2.89. The molecule has 0 aromatic carbocycles. The van der Waals surface area contributed by atoms with Crippen molar-refractivity contribution in [1.29, 1.82) is 0 Å². The van der Waals surface area contributed by atoms with E-state index in [0.29, 0.717) is 0 Å². The first-order valence-electron chi connectivity index (χ1n) is 4.53. The molecule has 0 aliphatic rings. The van der Waals surface area contributed by atoms with E-state index in [1.54, 1.807) is 0 Å². The molecule has 0 atom stereocenters. The van der Waals surface area contributed by atoms with Crippen LogP contribution < -0.4 is 4.57 Å². The maximum atomic E-state index is 2.29. The lowest BCUT2D eigenvalue weighted by Crippen LogP contribution is -2.48. The lowest BCUT2D eigenvalue weighted by molar-refractivity contribution is -0.750. The summed E-state index contributed by atoms with van der Waals surface area (Å²) in [5, 5.41) is 0. The molecule has 0 unspecified atom stereocenters. The van der Waals surface area contributed by atoms with E-state index in [1.165, 1.54) is 17.7 Å². The van der Waals surface area contributed by atoms with Gasteiger partial charge in [0.25, 0.3) is 0 Å². The number of nitrogens with zero attached hydrogens (tertiary/aromatic N) is 1. The molecular formula is C10H18NS+. The van der Waals surface area contributed by atoms with Gasteiger partial charge >= 0.3 is 0 Å². The first-order valence-corrected chi connectivity index (χ1v) is 5.41. The number of thiazole rings is 1. The molecule has 68 valence electrons. The third kappa shape index (κ3) is 2.31. The van der Waals surface area contributed by atoms with E-state index in [4.69, 9.17) is 0 Å². The van der Waals surface area contributed by atoms with Crippen LogP contribution >= 0.6 is 11.3 Å². The van der Waals surface area contributed by atoms with Crippen LogP contribution in [-0.4, -0.2) is 0 Å². The lowest BCUT2D eigenvalue weighted by atomic mass is 10.1. The standard InChI is InChI=1S/C10H18NS/c1-5-6-9-7-11(8-12-9)10(2,3)4/h7-8H,5-6H2,1-4H3/q+1. The van der Waals surface area contributed by atoms with Crippen molar-refractivity contribution in [1.82, 2.24) is 0 Å². The van der Waals surface area contributed by atoms with Crippen LogP contribution in [0.25, 0.3) is 0 Å². The Labute approximate surface area is 79.1 Å². The van der Waals surface area contributed by atoms with Crippen LogP contribution in [0.4, 0.5) is 0 Å². The maximum absolute atomic E-state index is 2.29. The lowest BCUT2D eigenvalue weighted by Gasteiger charge is -2.09. The molecule has 2 heteroatoms. The van der Waals surface area contributed by atoms with Crippen molar-refractivity contribution in [2.45, 2.75) is 46.1 Å². The SMILES string of the molecule is CCCc1c[n+](C(C)(C)C)cs1. The number of hydrogen-bond acceptors (Lipinski definition) is 1. The minimum absolute atomic E-state index is 0.239. The fourth-order valence-corrected chi connectivity index (χ4v) is 2.18. The van der Waals surface area contributed by atoms with Crippen LogP contribution in [0, 0.1) is 0 Å². The highest BCUT2D eigenvalue weighted by Crippen LogP contribution is 2.11. The molecule has 1 aromatic heterocycles. The summed E-state index contributed by atoms with van der Waals surface area (Å²) in [7, 11) is 0. The zero-order chi connectivity index (χ0) is 9.19. The average Bonchev–Trinajstić information content (AvgIpc) is 2.35. The minimum atomic E-state index is 0.239. The third-order valence-corrected chi connectivity index (χ3v) is 2.82. The van der Waals surface area contributed by atoms with Gasteiger partial charge in [0.15, 0.2) is 11.7 Å². The van der Waals surface area contributed by atoms with Crippen molar-refractivity contribution in [3.8, 4) is 0 Å². The van der Waals surface area contributed by atoms with Crippen molar-refractivity contribution in [2.75, 3.05) is 0 Å². The second-order valence-corrected chi connectivity index (χ2v) is 5.12. The Bertz CT molecular complexity index is 245. The summed E-state index contributed by atoms with van der Waals surface area (Å²) >= 11 is 1.86. The van der Waals surface area contributed by atoms with Crippen LogP contribution in [0.15, 0.2) is 11.7 Å². The molecule has 0 saturated heterocycles. The predicted octanol–water partition coefficient (Wildman–Crippen LogP) is 2.74. The largest absolute Gasteiger partial charge is 0.225 e.